The van der Waals surface area contributed by atoms with Crippen LogP contribution in [0, 0.1) is 0 Å². The molecular weight excluding hydrogens is 334 g/mol. The summed E-state index contributed by atoms with van der Waals surface area (Å²) in [6.07, 6.45) is 4.62. The van der Waals surface area contributed by atoms with E-state index in [2.05, 4.69) is 26.1 Å². The average Bonchev–Trinajstić information content (AvgIpc) is 3.21. The summed E-state index contributed by atoms with van der Waals surface area (Å²) < 4.78 is 0. The summed E-state index contributed by atoms with van der Waals surface area (Å²) in [5, 5.41) is 2.69. The van der Waals surface area contributed by atoms with Crippen molar-refractivity contribution in [1.82, 2.24) is 20.8 Å². The number of H-pyrrole nitrogens is 1. The molecule has 8 heteroatoms. The number of benzene rings is 1. The third-order valence-corrected chi connectivity index (χ3v) is 3.44. The maximum Gasteiger partial charge on any atom is 0.286 e. The van der Waals surface area contributed by atoms with Crippen LogP contribution in [0.2, 0.25) is 0 Å². The molecule has 0 unspecified atom stereocenters. The number of rotatable bonds is 4. The van der Waals surface area contributed by atoms with E-state index in [0.29, 0.717) is 16.9 Å². The lowest BCUT2D eigenvalue weighted by Crippen LogP contribution is -2.41. The Hall–Kier alpha value is -3.94. The molecule has 0 aliphatic rings. The molecule has 3 amide bonds. The zero-order valence-electron chi connectivity index (χ0n) is 13.5. The van der Waals surface area contributed by atoms with Gasteiger partial charge in [0.05, 0.1) is 5.56 Å². The first kappa shape index (κ1) is 16.9. The number of amides is 3. The van der Waals surface area contributed by atoms with Gasteiger partial charge in [0.1, 0.15) is 5.69 Å². The SMILES string of the molecule is O=C(NNC(=O)c1ccc[nH]1)c1cccc(NC(=O)c2cccnc2)c1. The molecular formula is C18H15N5O3. The molecule has 3 aromatic rings. The third-order valence-electron chi connectivity index (χ3n) is 3.44. The summed E-state index contributed by atoms with van der Waals surface area (Å²) in [6.45, 7) is 0. The highest BCUT2D eigenvalue weighted by atomic mass is 16.2. The van der Waals surface area contributed by atoms with Gasteiger partial charge in [-0.2, -0.15) is 0 Å². The molecule has 0 saturated heterocycles. The van der Waals surface area contributed by atoms with Crippen molar-refractivity contribution in [3.63, 3.8) is 0 Å². The number of carbonyl (C=O) groups excluding carboxylic acids is 3. The number of hydrogen-bond donors (Lipinski definition) is 4. The van der Waals surface area contributed by atoms with Crippen molar-refractivity contribution in [2.75, 3.05) is 5.32 Å². The second kappa shape index (κ2) is 7.75. The standard InChI is InChI=1S/C18H15N5O3/c24-16(13-5-2-8-19-11-13)21-14-6-1-4-12(10-14)17(25)22-23-18(26)15-7-3-9-20-15/h1-11,20H,(H,21,24)(H,22,25)(H,23,26). The van der Waals surface area contributed by atoms with E-state index < -0.39 is 11.8 Å². The lowest BCUT2D eigenvalue weighted by molar-refractivity contribution is 0.0844. The van der Waals surface area contributed by atoms with Crippen LogP contribution in [0.25, 0.3) is 0 Å². The molecule has 0 bridgehead atoms. The van der Waals surface area contributed by atoms with Crippen LogP contribution in [0.4, 0.5) is 5.69 Å². The third kappa shape index (κ3) is 4.12. The van der Waals surface area contributed by atoms with E-state index in [4.69, 9.17) is 0 Å². The maximum atomic E-state index is 12.2. The number of nitrogens with one attached hydrogen (secondary N) is 4. The molecule has 1 aromatic carbocycles. The number of aromatic amines is 1. The van der Waals surface area contributed by atoms with Crippen LogP contribution in [-0.2, 0) is 0 Å². The molecule has 8 nitrogen and oxygen atoms in total. The number of nitrogens with zero attached hydrogens (tertiary/aromatic N) is 1. The minimum Gasteiger partial charge on any atom is -0.357 e. The van der Waals surface area contributed by atoms with Crippen molar-refractivity contribution in [2.45, 2.75) is 0 Å². The van der Waals surface area contributed by atoms with Crippen molar-refractivity contribution in [2.24, 2.45) is 0 Å². The number of anilines is 1. The molecule has 0 aliphatic carbocycles. The van der Waals surface area contributed by atoms with Crippen molar-refractivity contribution < 1.29 is 14.4 Å². The molecule has 0 saturated carbocycles. The van der Waals surface area contributed by atoms with Crippen LogP contribution < -0.4 is 16.2 Å². The Morgan fingerprint density at radius 3 is 2.38 bits per heavy atom. The van der Waals surface area contributed by atoms with Gasteiger partial charge in [-0.1, -0.05) is 6.07 Å². The molecule has 3 rings (SSSR count). The van der Waals surface area contributed by atoms with Gasteiger partial charge in [-0.05, 0) is 42.5 Å². The predicted molar refractivity (Wildman–Crippen MR) is 94.4 cm³/mol. The molecule has 0 radical (unpaired) electrons. The molecule has 0 spiro atoms. The predicted octanol–water partition coefficient (Wildman–Crippen LogP) is 1.74. The Morgan fingerprint density at radius 1 is 0.846 bits per heavy atom. The summed E-state index contributed by atoms with van der Waals surface area (Å²) in [5.41, 5.74) is 6.07. The summed E-state index contributed by atoms with van der Waals surface area (Å²) in [6, 6.07) is 12.9. The Kier molecular flexibility index (Phi) is 5.04. The van der Waals surface area contributed by atoms with Crippen LogP contribution in [0.5, 0.6) is 0 Å². The van der Waals surface area contributed by atoms with Crippen LogP contribution in [0.15, 0.2) is 67.1 Å². The zero-order chi connectivity index (χ0) is 18.4. The normalized spacial score (nSPS) is 10.0. The molecule has 0 aliphatic heterocycles. The first-order valence-corrected chi connectivity index (χ1v) is 7.69. The number of hydrazine groups is 1. The number of carbonyl (C=O) groups is 3. The molecule has 0 atom stereocenters. The smallest absolute Gasteiger partial charge is 0.286 e. The largest absolute Gasteiger partial charge is 0.357 e. The van der Waals surface area contributed by atoms with Gasteiger partial charge in [0.15, 0.2) is 0 Å². The van der Waals surface area contributed by atoms with Gasteiger partial charge in [0.25, 0.3) is 17.7 Å². The molecule has 26 heavy (non-hydrogen) atoms. The molecule has 2 heterocycles. The van der Waals surface area contributed by atoms with Gasteiger partial charge in [-0.25, -0.2) is 0 Å². The lowest BCUT2D eigenvalue weighted by Gasteiger charge is -2.09. The second-order valence-electron chi connectivity index (χ2n) is 5.27. The Balaban J connectivity index is 1.62. The van der Waals surface area contributed by atoms with E-state index in [9.17, 15) is 14.4 Å². The summed E-state index contributed by atoms with van der Waals surface area (Å²) >= 11 is 0. The fourth-order valence-corrected chi connectivity index (χ4v) is 2.16. The fourth-order valence-electron chi connectivity index (χ4n) is 2.16. The summed E-state index contributed by atoms with van der Waals surface area (Å²) in [5.74, 6) is -1.32. The monoisotopic (exact) mass is 349 g/mol. The quantitative estimate of drug-likeness (QED) is 0.537. The topological polar surface area (TPSA) is 116 Å². The van der Waals surface area contributed by atoms with Gasteiger partial charge < -0.3 is 10.3 Å². The summed E-state index contributed by atoms with van der Waals surface area (Å²) in [4.78, 5) is 42.7. The van der Waals surface area contributed by atoms with Gasteiger partial charge >= 0.3 is 0 Å². The molecule has 130 valence electrons. The number of hydrogen-bond acceptors (Lipinski definition) is 4. The first-order valence-electron chi connectivity index (χ1n) is 7.69. The number of pyridine rings is 1. The Bertz CT molecular complexity index is 923. The molecule has 4 N–H and O–H groups in total. The fraction of sp³-hybridized carbons (Fsp3) is 0. The van der Waals surface area contributed by atoms with E-state index >= 15 is 0 Å². The first-order chi connectivity index (χ1) is 12.6. The maximum absolute atomic E-state index is 12.2. The Labute approximate surface area is 148 Å². The Morgan fingerprint density at radius 2 is 1.65 bits per heavy atom. The summed E-state index contributed by atoms with van der Waals surface area (Å²) in [7, 11) is 0. The number of aromatic nitrogens is 2. The minimum atomic E-state index is -0.512. The van der Waals surface area contributed by atoms with E-state index in [0.717, 1.165) is 0 Å². The van der Waals surface area contributed by atoms with E-state index in [-0.39, 0.29) is 11.5 Å². The molecule has 0 fully saturated rings. The molecule has 2 aromatic heterocycles. The van der Waals surface area contributed by atoms with Crippen LogP contribution >= 0.6 is 0 Å². The average molecular weight is 349 g/mol. The van der Waals surface area contributed by atoms with E-state index in [1.54, 1.807) is 54.9 Å². The van der Waals surface area contributed by atoms with Gasteiger partial charge in [-0.15, -0.1) is 0 Å². The minimum absolute atomic E-state index is 0.278. The van der Waals surface area contributed by atoms with Crippen LogP contribution in [0.3, 0.4) is 0 Å². The highest BCUT2D eigenvalue weighted by Crippen LogP contribution is 2.12. The van der Waals surface area contributed by atoms with Crippen molar-refractivity contribution in [1.29, 1.82) is 0 Å². The van der Waals surface area contributed by atoms with Crippen molar-refractivity contribution in [3.05, 3.63) is 83.9 Å². The highest BCUT2D eigenvalue weighted by Gasteiger charge is 2.11. The van der Waals surface area contributed by atoms with E-state index in [1.807, 2.05) is 0 Å². The second-order valence-corrected chi connectivity index (χ2v) is 5.27. The van der Waals surface area contributed by atoms with Gasteiger partial charge in [0, 0.05) is 29.8 Å². The van der Waals surface area contributed by atoms with Gasteiger partial charge in [-0.3, -0.25) is 30.2 Å². The van der Waals surface area contributed by atoms with Crippen molar-refractivity contribution >= 4 is 23.4 Å². The van der Waals surface area contributed by atoms with Gasteiger partial charge in [0.2, 0.25) is 0 Å². The van der Waals surface area contributed by atoms with Crippen LogP contribution in [0.1, 0.15) is 31.2 Å². The zero-order valence-corrected chi connectivity index (χ0v) is 13.5. The van der Waals surface area contributed by atoms with E-state index in [1.165, 1.54) is 12.3 Å². The highest BCUT2D eigenvalue weighted by molar-refractivity contribution is 6.05. The van der Waals surface area contributed by atoms with Crippen molar-refractivity contribution in [3.8, 4) is 0 Å². The lowest BCUT2D eigenvalue weighted by atomic mass is 10.2. The van der Waals surface area contributed by atoms with Crippen LogP contribution in [-0.4, -0.2) is 27.7 Å².